The molecule has 0 aliphatic carbocycles. The minimum atomic E-state index is -4.33. The van der Waals surface area contributed by atoms with E-state index in [4.69, 9.17) is 20.4 Å². The average Bonchev–Trinajstić information content (AvgIpc) is 2.44. The van der Waals surface area contributed by atoms with Gasteiger partial charge < -0.3 is 25.5 Å². The van der Waals surface area contributed by atoms with E-state index in [-0.39, 0.29) is 0 Å². The summed E-state index contributed by atoms with van der Waals surface area (Å²) < 4.78 is 26.1. The Balaban J connectivity index is 3.26. The van der Waals surface area contributed by atoms with Crippen LogP contribution in [0.3, 0.4) is 0 Å². The fourth-order valence-electron chi connectivity index (χ4n) is 1.44. The molecule has 0 fully saturated rings. The number of carboxylic acid groups (broad SMARTS) is 1. The lowest BCUT2D eigenvalue weighted by Gasteiger charge is -2.28. The van der Waals surface area contributed by atoms with Crippen molar-refractivity contribution in [3.8, 4) is 5.75 Å². The number of aliphatic hydroxyl groups is 3. The fraction of sp³-hybridized carbons (Fsp3) is 0.364. The van der Waals surface area contributed by atoms with Crippen molar-refractivity contribution in [2.24, 2.45) is 0 Å². The zero-order chi connectivity index (χ0) is 16.3. The molecule has 0 aliphatic rings. The molecule has 0 spiro atoms. The number of sulfonamides is 1. The van der Waals surface area contributed by atoms with Gasteiger partial charge in [0.2, 0.25) is 10.0 Å². The van der Waals surface area contributed by atoms with Gasteiger partial charge in [0, 0.05) is 0 Å². The quantitative estimate of drug-likeness (QED) is 0.338. The number of aliphatic hydroxyl groups excluding tert-OH is 3. The maximum atomic E-state index is 12.1. The molecule has 0 heterocycles. The molecule has 0 saturated heterocycles. The standard InChI is InChI=1S/C11H15NO8S/c13-4-11(5-14,6-15)12-21(19,20)7-1-2-9(16)8(3-7)10(17)18/h1-3,12-16H,4-6H2,(H,17,18). The number of hydrogen-bond acceptors (Lipinski definition) is 7. The number of carboxylic acids is 1. The normalized spacial score (nSPS) is 12.3. The first kappa shape index (κ1) is 17.3. The summed E-state index contributed by atoms with van der Waals surface area (Å²) in [5.41, 5.74) is -2.51. The summed E-state index contributed by atoms with van der Waals surface area (Å²) in [6.45, 7) is -2.62. The van der Waals surface area contributed by atoms with Gasteiger partial charge in [-0.1, -0.05) is 0 Å². The molecule has 0 saturated carbocycles. The minimum absolute atomic E-state index is 0.502. The largest absolute Gasteiger partial charge is 0.507 e. The molecule has 1 aromatic rings. The van der Waals surface area contributed by atoms with Gasteiger partial charge in [-0.3, -0.25) is 0 Å². The summed E-state index contributed by atoms with van der Waals surface area (Å²) in [4.78, 5) is 10.4. The van der Waals surface area contributed by atoms with Crippen LogP contribution in [0.25, 0.3) is 0 Å². The Kier molecular flexibility index (Phi) is 5.25. The molecule has 9 nitrogen and oxygen atoms in total. The third-order valence-electron chi connectivity index (χ3n) is 2.77. The van der Waals surface area contributed by atoms with Crippen LogP contribution in [-0.4, -0.2) is 65.3 Å². The number of aromatic hydroxyl groups is 1. The predicted octanol–water partition coefficient (Wildman–Crippen LogP) is -1.92. The van der Waals surface area contributed by atoms with E-state index >= 15 is 0 Å². The molecular formula is C11H15NO8S. The number of carbonyl (C=O) groups is 1. The van der Waals surface area contributed by atoms with Crippen molar-refractivity contribution in [3.05, 3.63) is 23.8 Å². The highest BCUT2D eigenvalue weighted by Crippen LogP contribution is 2.22. The van der Waals surface area contributed by atoms with Crippen molar-refractivity contribution in [1.29, 1.82) is 0 Å². The third kappa shape index (κ3) is 3.68. The van der Waals surface area contributed by atoms with Gasteiger partial charge in [-0.05, 0) is 18.2 Å². The van der Waals surface area contributed by atoms with Gasteiger partial charge in [0.25, 0.3) is 0 Å². The van der Waals surface area contributed by atoms with Gasteiger partial charge >= 0.3 is 5.97 Å². The van der Waals surface area contributed by atoms with Crippen LogP contribution >= 0.6 is 0 Å². The second-order valence-corrected chi connectivity index (χ2v) is 6.03. The topological polar surface area (TPSA) is 164 Å². The molecule has 21 heavy (non-hydrogen) atoms. The van der Waals surface area contributed by atoms with E-state index < -0.39 is 57.6 Å². The lowest BCUT2D eigenvalue weighted by molar-refractivity contribution is 0.0581. The van der Waals surface area contributed by atoms with Crippen LogP contribution < -0.4 is 4.72 Å². The van der Waals surface area contributed by atoms with E-state index in [2.05, 4.69) is 0 Å². The number of benzene rings is 1. The Hall–Kier alpha value is -1.72. The first-order valence-corrected chi connectivity index (χ1v) is 7.12. The first-order chi connectivity index (χ1) is 9.71. The third-order valence-corrected chi connectivity index (χ3v) is 4.34. The van der Waals surface area contributed by atoms with Crippen LogP contribution in [0.15, 0.2) is 23.1 Å². The van der Waals surface area contributed by atoms with Gasteiger partial charge in [0.1, 0.15) is 16.9 Å². The second kappa shape index (κ2) is 6.37. The number of phenols is 1. The molecule has 0 bridgehead atoms. The highest BCUT2D eigenvalue weighted by Gasteiger charge is 2.34. The molecule has 0 atom stereocenters. The molecule has 0 amide bonds. The summed E-state index contributed by atoms with van der Waals surface area (Å²) in [6.07, 6.45) is 0. The number of hydrogen-bond donors (Lipinski definition) is 6. The predicted molar refractivity (Wildman–Crippen MR) is 69.4 cm³/mol. The Morgan fingerprint density at radius 3 is 2.10 bits per heavy atom. The van der Waals surface area contributed by atoms with Crippen molar-refractivity contribution in [3.63, 3.8) is 0 Å². The van der Waals surface area contributed by atoms with E-state index in [9.17, 15) is 18.3 Å². The van der Waals surface area contributed by atoms with Crippen molar-refractivity contribution in [2.75, 3.05) is 19.8 Å². The van der Waals surface area contributed by atoms with Crippen LogP contribution in [-0.2, 0) is 10.0 Å². The Morgan fingerprint density at radius 1 is 1.14 bits per heavy atom. The molecule has 1 aromatic carbocycles. The molecule has 118 valence electrons. The highest BCUT2D eigenvalue weighted by atomic mass is 32.2. The summed E-state index contributed by atoms with van der Waals surface area (Å²) in [7, 11) is -4.33. The van der Waals surface area contributed by atoms with Crippen LogP contribution in [0.2, 0.25) is 0 Å². The smallest absolute Gasteiger partial charge is 0.339 e. The highest BCUT2D eigenvalue weighted by molar-refractivity contribution is 7.89. The van der Waals surface area contributed by atoms with E-state index in [0.29, 0.717) is 0 Å². The summed E-state index contributed by atoms with van der Waals surface area (Å²) in [5.74, 6) is -2.14. The summed E-state index contributed by atoms with van der Waals surface area (Å²) in [6, 6.07) is 2.55. The number of nitrogens with one attached hydrogen (secondary N) is 1. The number of aromatic carboxylic acids is 1. The number of rotatable bonds is 7. The van der Waals surface area contributed by atoms with E-state index in [1.807, 2.05) is 4.72 Å². The van der Waals surface area contributed by atoms with E-state index in [0.717, 1.165) is 18.2 Å². The van der Waals surface area contributed by atoms with Gasteiger partial charge in [-0.2, -0.15) is 4.72 Å². The average molecular weight is 321 g/mol. The Bertz CT molecular complexity index is 615. The van der Waals surface area contributed by atoms with E-state index in [1.165, 1.54) is 0 Å². The molecule has 0 unspecified atom stereocenters. The lowest BCUT2D eigenvalue weighted by Crippen LogP contribution is -2.56. The Labute approximate surface area is 120 Å². The zero-order valence-corrected chi connectivity index (χ0v) is 11.5. The van der Waals surface area contributed by atoms with Crippen LogP contribution in [0.4, 0.5) is 0 Å². The molecule has 0 radical (unpaired) electrons. The van der Waals surface area contributed by atoms with Crippen molar-refractivity contribution < 1.29 is 38.7 Å². The monoisotopic (exact) mass is 321 g/mol. The van der Waals surface area contributed by atoms with Crippen molar-refractivity contribution >= 4 is 16.0 Å². The molecule has 0 aliphatic heterocycles. The van der Waals surface area contributed by atoms with Crippen LogP contribution in [0, 0.1) is 0 Å². The lowest BCUT2D eigenvalue weighted by atomic mass is 10.1. The first-order valence-electron chi connectivity index (χ1n) is 5.64. The van der Waals surface area contributed by atoms with Crippen molar-refractivity contribution in [2.45, 2.75) is 10.4 Å². The zero-order valence-electron chi connectivity index (χ0n) is 10.7. The molecule has 1 rings (SSSR count). The summed E-state index contributed by atoms with van der Waals surface area (Å²) >= 11 is 0. The van der Waals surface area contributed by atoms with Crippen molar-refractivity contribution in [1.82, 2.24) is 4.72 Å². The molecule has 10 heteroatoms. The fourth-order valence-corrected chi connectivity index (χ4v) is 2.85. The SMILES string of the molecule is O=C(O)c1cc(S(=O)(=O)NC(CO)(CO)CO)ccc1O. The van der Waals surface area contributed by atoms with Crippen LogP contribution in [0.5, 0.6) is 5.75 Å². The van der Waals surface area contributed by atoms with Gasteiger partial charge in [0.15, 0.2) is 0 Å². The Morgan fingerprint density at radius 2 is 1.67 bits per heavy atom. The summed E-state index contributed by atoms with van der Waals surface area (Å²) in [5, 5.41) is 45.4. The minimum Gasteiger partial charge on any atom is -0.507 e. The molecule has 6 N–H and O–H groups in total. The molecule has 0 aromatic heterocycles. The molecular weight excluding hydrogens is 306 g/mol. The van der Waals surface area contributed by atoms with E-state index in [1.54, 1.807) is 0 Å². The van der Waals surface area contributed by atoms with Crippen LogP contribution in [0.1, 0.15) is 10.4 Å². The van der Waals surface area contributed by atoms with Gasteiger partial charge in [-0.25, -0.2) is 13.2 Å². The van der Waals surface area contributed by atoms with Gasteiger partial charge in [0.05, 0.1) is 24.7 Å². The van der Waals surface area contributed by atoms with Gasteiger partial charge in [-0.15, -0.1) is 0 Å². The maximum Gasteiger partial charge on any atom is 0.339 e. The second-order valence-electron chi connectivity index (χ2n) is 4.34. The maximum absolute atomic E-state index is 12.1.